The van der Waals surface area contributed by atoms with Gasteiger partial charge in [-0.25, -0.2) is 4.79 Å². The Balaban J connectivity index is 1.80. The van der Waals surface area contributed by atoms with E-state index in [1.807, 2.05) is 48.5 Å². The average molecular weight is 333 g/mol. The molecule has 5 heteroatoms. The Morgan fingerprint density at radius 2 is 1.52 bits per heavy atom. The van der Waals surface area contributed by atoms with Gasteiger partial charge in [-0.3, -0.25) is 5.32 Å². The molecule has 0 saturated carbocycles. The van der Waals surface area contributed by atoms with E-state index in [-0.39, 0.29) is 6.61 Å². The van der Waals surface area contributed by atoms with Crippen LogP contribution in [0.3, 0.4) is 0 Å². The molecule has 0 aliphatic rings. The van der Waals surface area contributed by atoms with Crippen LogP contribution in [0.2, 0.25) is 0 Å². The molecule has 0 aliphatic carbocycles. The van der Waals surface area contributed by atoms with Gasteiger partial charge in [-0.1, -0.05) is 54.6 Å². The smallest absolute Gasteiger partial charge is 0.411 e. The quantitative estimate of drug-likeness (QED) is 0.622. The van der Waals surface area contributed by atoms with Crippen LogP contribution in [0.25, 0.3) is 11.1 Å². The van der Waals surface area contributed by atoms with E-state index in [0.717, 1.165) is 11.1 Å². The number of nitrogens with one attached hydrogen (secondary N) is 1. The summed E-state index contributed by atoms with van der Waals surface area (Å²) >= 11 is 0. The molecule has 0 radical (unpaired) electrons. The zero-order chi connectivity index (χ0) is 17.6. The number of hydrogen-bond acceptors (Lipinski definition) is 4. The molecule has 0 spiro atoms. The average Bonchev–Trinajstić information content (AvgIpc) is 2.62. The molecule has 0 atom stereocenters. The minimum absolute atomic E-state index is 0.192. The fraction of sp³-hybridized carbons (Fsp3) is 0.0500. The molecule has 25 heavy (non-hydrogen) atoms. The minimum Gasteiger partial charge on any atom is -0.444 e. The van der Waals surface area contributed by atoms with E-state index in [9.17, 15) is 4.79 Å². The van der Waals surface area contributed by atoms with E-state index in [1.54, 1.807) is 24.3 Å². The molecule has 0 unspecified atom stereocenters. The van der Waals surface area contributed by atoms with Crippen molar-refractivity contribution in [3.8, 4) is 11.1 Å². The van der Waals surface area contributed by atoms with E-state index in [4.69, 9.17) is 16.2 Å². The largest absolute Gasteiger partial charge is 0.444 e. The lowest BCUT2D eigenvalue weighted by atomic mass is 10.00. The summed E-state index contributed by atoms with van der Waals surface area (Å²) in [6.07, 6.45) is -0.551. The summed E-state index contributed by atoms with van der Waals surface area (Å²) in [6, 6.07) is 22.2. The highest BCUT2D eigenvalue weighted by Gasteiger charge is 2.14. The lowest BCUT2D eigenvalue weighted by Gasteiger charge is -2.15. The molecule has 3 rings (SSSR count). The van der Waals surface area contributed by atoms with Crippen molar-refractivity contribution in [2.24, 2.45) is 0 Å². The first kappa shape index (κ1) is 16.4. The van der Waals surface area contributed by atoms with Crippen molar-refractivity contribution in [1.82, 2.24) is 0 Å². The van der Waals surface area contributed by atoms with Crippen molar-refractivity contribution < 1.29 is 9.53 Å². The third-order valence-electron chi connectivity index (χ3n) is 3.78. The Bertz CT molecular complexity index is 879. The van der Waals surface area contributed by atoms with Gasteiger partial charge < -0.3 is 16.2 Å². The lowest BCUT2D eigenvalue weighted by Crippen LogP contribution is -2.14. The third-order valence-corrected chi connectivity index (χ3v) is 3.78. The molecule has 3 aromatic carbocycles. The van der Waals surface area contributed by atoms with Gasteiger partial charge in [0.15, 0.2) is 0 Å². The monoisotopic (exact) mass is 333 g/mol. The second-order valence-electron chi connectivity index (χ2n) is 5.54. The van der Waals surface area contributed by atoms with Crippen LogP contribution in [0.5, 0.6) is 0 Å². The second kappa shape index (κ2) is 7.40. The number of hydrogen-bond donors (Lipinski definition) is 3. The van der Waals surface area contributed by atoms with Gasteiger partial charge in [0.2, 0.25) is 0 Å². The van der Waals surface area contributed by atoms with Crippen LogP contribution >= 0.6 is 0 Å². The highest BCUT2D eigenvalue weighted by molar-refractivity contribution is 5.98. The maximum absolute atomic E-state index is 12.2. The highest BCUT2D eigenvalue weighted by atomic mass is 16.5. The third kappa shape index (κ3) is 3.90. The Morgan fingerprint density at radius 3 is 2.28 bits per heavy atom. The molecule has 0 bridgehead atoms. The summed E-state index contributed by atoms with van der Waals surface area (Å²) in [4.78, 5) is 12.2. The van der Waals surface area contributed by atoms with Gasteiger partial charge in [0.1, 0.15) is 6.61 Å². The van der Waals surface area contributed by atoms with Crippen LogP contribution < -0.4 is 16.8 Å². The molecule has 3 aromatic rings. The Hall–Kier alpha value is -3.47. The number of amides is 1. The van der Waals surface area contributed by atoms with Gasteiger partial charge in [0.05, 0.1) is 5.69 Å². The van der Waals surface area contributed by atoms with Crippen LogP contribution in [0.1, 0.15) is 5.56 Å². The topological polar surface area (TPSA) is 90.4 Å². The van der Waals surface area contributed by atoms with Gasteiger partial charge in [0.25, 0.3) is 0 Å². The zero-order valence-corrected chi connectivity index (χ0v) is 13.6. The summed E-state index contributed by atoms with van der Waals surface area (Å²) in [6.45, 7) is 0.192. The second-order valence-corrected chi connectivity index (χ2v) is 5.54. The number of nitrogen functional groups attached to an aromatic ring is 2. The van der Waals surface area contributed by atoms with Gasteiger partial charge in [0, 0.05) is 22.5 Å². The fourth-order valence-corrected chi connectivity index (χ4v) is 2.57. The van der Waals surface area contributed by atoms with Crippen LogP contribution in [-0.2, 0) is 11.3 Å². The number of carbonyl (C=O) groups excluding carboxylic acids is 1. The predicted molar refractivity (Wildman–Crippen MR) is 101 cm³/mol. The van der Waals surface area contributed by atoms with E-state index in [2.05, 4.69) is 5.32 Å². The first-order valence-electron chi connectivity index (χ1n) is 7.86. The number of ether oxygens (including phenoxy) is 1. The van der Waals surface area contributed by atoms with Crippen molar-refractivity contribution in [2.45, 2.75) is 6.61 Å². The normalized spacial score (nSPS) is 10.2. The SMILES string of the molecule is Nc1ccccc1-c1c(N)cccc1NC(=O)OCc1ccccc1. The molecule has 0 aromatic heterocycles. The van der Waals surface area contributed by atoms with Crippen molar-refractivity contribution >= 4 is 23.2 Å². The van der Waals surface area contributed by atoms with Gasteiger partial charge in [-0.2, -0.15) is 0 Å². The van der Waals surface area contributed by atoms with E-state index in [0.29, 0.717) is 22.6 Å². The molecular formula is C20H19N3O2. The molecule has 0 fully saturated rings. The molecule has 0 heterocycles. The molecule has 0 aliphatic heterocycles. The Kier molecular flexibility index (Phi) is 4.85. The summed E-state index contributed by atoms with van der Waals surface area (Å²) in [5.41, 5.74) is 16.2. The van der Waals surface area contributed by atoms with Gasteiger partial charge in [-0.15, -0.1) is 0 Å². The molecule has 5 nitrogen and oxygen atoms in total. The van der Waals surface area contributed by atoms with Gasteiger partial charge in [-0.05, 0) is 23.8 Å². The van der Waals surface area contributed by atoms with Crippen molar-refractivity contribution in [3.63, 3.8) is 0 Å². The number of nitrogens with two attached hydrogens (primary N) is 2. The van der Waals surface area contributed by atoms with E-state index >= 15 is 0 Å². The van der Waals surface area contributed by atoms with Crippen LogP contribution in [-0.4, -0.2) is 6.09 Å². The number of carbonyl (C=O) groups is 1. The standard InChI is InChI=1S/C20H19N3O2/c21-16-10-5-4-9-15(16)19-17(22)11-6-12-18(19)23-20(24)25-13-14-7-2-1-3-8-14/h1-12H,13,21-22H2,(H,23,24). The molecular weight excluding hydrogens is 314 g/mol. The number of rotatable bonds is 4. The lowest BCUT2D eigenvalue weighted by molar-refractivity contribution is 0.155. The summed E-state index contributed by atoms with van der Waals surface area (Å²) in [5, 5.41) is 2.75. The van der Waals surface area contributed by atoms with Crippen LogP contribution in [0.4, 0.5) is 21.9 Å². The van der Waals surface area contributed by atoms with Crippen molar-refractivity contribution in [3.05, 3.63) is 78.4 Å². The van der Waals surface area contributed by atoms with Gasteiger partial charge >= 0.3 is 6.09 Å². The number of para-hydroxylation sites is 1. The van der Waals surface area contributed by atoms with Crippen molar-refractivity contribution in [1.29, 1.82) is 0 Å². The van der Waals surface area contributed by atoms with E-state index < -0.39 is 6.09 Å². The Labute approximate surface area is 146 Å². The molecule has 126 valence electrons. The summed E-state index contributed by atoms with van der Waals surface area (Å²) in [5.74, 6) is 0. The maximum Gasteiger partial charge on any atom is 0.411 e. The molecule has 1 amide bonds. The zero-order valence-electron chi connectivity index (χ0n) is 13.6. The van der Waals surface area contributed by atoms with Crippen LogP contribution in [0.15, 0.2) is 72.8 Å². The predicted octanol–water partition coefficient (Wildman–Crippen LogP) is 4.27. The molecule has 0 saturated heterocycles. The summed E-state index contributed by atoms with van der Waals surface area (Å²) < 4.78 is 5.27. The number of benzene rings is 3. The maximum atomic E-state index is 12.2. The molecule has 5 N–H and O–H groups in total. The minimum atomic E-state index is -0.551. The number of anilines is 3. The highest BCUT2D eigenvalue weighted by Crippen LogP contribution is 2.36. The van der Waals surface area contributed by atoms with E-state index in [1.165, 1.54) is 0 Å². The summed E-state index contributed by atoms with van der Waals surface area (Å²) in [7, 11) is 0. The van der Waals surface area contributed by atoms with Crippen LogP contribution in [0, 0.1) is 0 Å². The first-order valence-corrected chi connectivity index (χ1v) is 7.86. The Morgan fingerprint density at radius 1 is 0.840 bits per heavy atom. The fourth-order valence-electron chi connectivity index (χ4n) is 2.57. The van der Waals surface area contributed by atoms with Crippen molar-refractivity contribution in [2.75, 3.05) is 16.8 Å². The first-order chi connectivity index (χ1) is 12.1.